The Bertz CT molecular complexity index is 1840. The monoisotopic (exact) mass is 589 g/mol. The Morgan fingerprint density at radius 1 is 1.09 bits per heavy atom. The Balaban J connectivity index is 1.15. The SMILES string of the molecule is N#C/C(=C\C1CC1)C(=O)N1CCC[C@@H](NC(=O)c2sc3nccc4c3c2NC(=O)N4c2ccnc(-c3ccccc3)c2)C1. The number of hydrogen-bond acceptors (Lipinski definition) is 7. The summed E-state index contributed by atoms with van der Waals surface area (Å²) in [6.07, 6.45) is 8.53. The highest BCUT2D eigenvalue weighted by Gasteiger charge is 2.34. The van der Waals surface area contributed by atoms with Gasteiger partial charge in [0.1, 0.15) is 21.3 Å². The van der Waals surface area contributed by atoms with E-state index in [4.69, 9.17) is 0 Å². The molecule has 5 heterocycles. The average molecular weight is 590 g/mol. The number of rotatable bonds is 6. The highest BCUT2D eigenvalue weighted by atomic mass is 32.1. The molecule has 1 saturated heterocycles. The number of likely N-dealkylation sites (tertiary alicyclic amines) is 1. The number of piperidine rings is 1. The van der Waals surface area contributed by atoms with E-state index in [0.717, 1.165) is 24.1 Å². The average Bonchev–Trinajstić information content (AvgIpc) is 3.79. The number of amides is 4. The normalized spacial score (nSPS) is 18.3. The fourth-order valence-corrected chi connectivity index (χ4v) is 6.70. The smallest absolute Gasteiger partial charge is 0.331 e. The molecule has 0 bridgehead atoms. The lowest BCUT2D eigenvalue weighted by Gasteiger charge is -2.33. The summed E-state index contributed by atoms with van der Waals surface area (Å²) in [6.45, 7) is 0.868. The van der Waals surface area contributed by atoms with Gasteiger partial charge in [0, 0.05) is 37.1 Å². The van der Waals surface area contributed by atoms with E-state index < -0.39 is 6.03 Å². The van der Waals surface area contributed by atoms with Crippen LogP contribution in [0.15, 0.2) is 72.6 Å². The van der Waals surface area contributed by atoms with Crippen LogP contribution in [0.1, 0.15) is 35.4 Å². The highest BCUT2D eigenvalue weighted by molar-refractivity contribution is 7.21. The quantitative estimate of drug-likeness (QED) is 0.222. The molecule has 1 aliphatic carbocycles. The van der Waals surface area contributed by atoms with Crippen molar-refractivity contribution in [2.45, 2.75) is 31.7 Å². The van der Waals surface area contributed by atoms with Crippen molar-refractivity contribution in [3.63, 3.8) is 0 Å². The summed E-state index contributed by atoms with van der Waals surface area (Å²) in [5.41, 5.74) is 3.55. The molecule has 43 heavy (non-hydrogen) atoms. The van der Waals surface area contributed by atoms with Crippen molar-refractivity contribution in [3.05, 3.63) is 77.5 Å². The van der Waals surface area contributed by atoms with Crippen LogP contribution in [0.4, 0.5) is 21.9 Å². The number of pyridine rings is 2. The lowest BCUT2D eigenvalue weighted by Crippen LogP contribution is -2.50. The maximum atomic E-state index is 13.6. The van der Waals surface area contributed by atoms with Gasteiger partial charge in [-0.05, 0) is 49.8 Å². The minimum absolute atomic E-state index is 0.180. The van der Waals surface area contributed by atoms with Crippen LogP contribution in [-0.4, -0.2) is 51.8 Å². The fourth-order valence-electron chi connectivity index (χ4n) is 5.68. The third-order valence-corrected chi connectivity index (χ3v) is 9.04. The molecule has 0 unspecified atom stereocenters. The van der Waals surface area contributed by atoms with Gasteiger partial charge in [-0.3, -0.25) is 19.5 Å². The molecule has 10 nitrogen and oxygen atoms in total. The van der Waals surface area contributed by atoms with E-state index in [2.05, 4.69) is 26.7 Å². The van der Waals surface area contributed by atoms with Crippen LogP contribution in [0.5, 0.6) is 0 Å². The summed E-state index contributed by atoms with van der Waals surface area (Å²) in [5.74, 6) is -0.294. The fraction of sp³-hybridized carbons (Fsp3) is 0.250. The second-order valence-electron chi connectivity index (χ2n) is 10.9. The Labute approximate surface area is 251 Å². The number of nitrogens with one attached hydrogen (secondary N) is 2. The number of thiophene rings is 1. The van der Waals surface area contributed by atoms with Crippen molar-refractivity contribution >= 4 is 56.5 Å². The first-order valence-corrected chi connectivity index (χ1v) is 15.1. The van der Waals surface area contributed by atoms with Gasteiger partial charge in [0.2, 0.25) is 0 Å². The molecule has 2 N–H and O–H groups in total. The van der Waals surface area contributed by atoms with Gasteiger partial charge in [0.05, 0.1) is 28.1 Å². The van der Waals surface area contributed by atoms with E-state index in [1.165, 1.54) is 11.3 Å². The van der Waals surface area contributed by atoms with Crippen LogP contribution >= 0.6 is 11.3 Å². The van der Waals surface area contributed by atoms with Gasteiger partial charge in [-0.25, -0.2) is 9.78 Å². The van der Waals surface area contributed by atoms with E-state index in [-0.39, 0.29) is 23.4 Å². The predicted octanol–water partition coefficient (Wildman–Crippen LogP) is 5.62. The molecule has 1 atom stereocenters. The van der Waals surface area contributed by atoms with Crippen LogP contribution in [0, 0.1) is 17.2 Å². The molecule has 11 heteroatoms. The summed E-state index contributed by atoms with van der Waals surface area (Å²) in [6, 6.07) is 16.5. The lowest BCUT2D eigenvalue weighted by molar-refractivity contribution is -0.128. The number of carbonyl (C=O) groups excluding carboxylic acids is 3. The molecule has 0 spiro atoms. The van der Waals surface area contributed by atoms with Gasteiger partial charge in [0.15, 0.2) is 0 Å². The van der Waals surface area contributed by atoms with E-state index >= 15 is 0 Å². The molecular weight excluding hydrogens is 562 g/mol. The van der Waals surface area contributed by atoms with Crippen molar-refractivity contribution in [2.75, 3.05) is 23.3 Å². The van der Waals surface area contributed by atoms with Gasteiger partial charge < -0.3 is 15.5 Å². The van der Waals surface area contributed by atoms with Crippen LogP contribution in [0.25, 0.3) is 21.5 Å². The minimum atomic E-state index is -0.390. The second-order valence-corrected chi connectivity index (χ2v) is 11.9. The largest absolute Gasteiger partial charge is 0.347 e. The van der Waals surface area contributed by atoms with Crippen molar-refractivity contribution in [1.82, 2.24) is 20.2 Å². The van der Waals surface area contributed by atoms with Gasteiger partial charge in [-0.15, -0.1) is 11.3 Å². The summed E-state index contributed by atoms with van der Waals surface area (Å²) >= 11 is 1.22. The molecule has 3 aliphatic rings. The summed E-state index contributed by atoms with van der Waals surface area (Å²) in [5, 5.41) is 16.2. The Morgan fingerprint density at radius 3 is 2.70 bits per heavy atom. The maximum absolute atomic E-state index is 13.6. The first-order valence-electron chi connectivity index (χ1n) is 14.3. The number of anilines is 3. The van der Waals surface area contributed by atoms with Crippen LogP contribution in [-0.2, 0) is 4.79 Å². The van der Waals surface area contributed by atoms with Crippen molar-refractivity contribution in [3.8, 4) is 17.3 Å². The zero-order chi connectivity index (χ0) is 29.5. The van der Waals surface area contributed by atoms with Crippen LogP contribution in [0.2, 0.25) is 0 Å². The van der Waals surface area contributed by atoms with Crippen molar-refractivity contribution < 1.29 is 14.4 Å². The lowest BCUT2D eigenvalue weighted by atomic mass is 10.0. The first-order chi connectivity index (χ1) is 21.0. The highest BCUT2D eigenvalue weighted by Crippen LogP contribution is 2.46. The maximum Gasteiger partial charge on any atom is 0.331 e. The first kappa shape index (κ1) is 26.8. The third kappa shape index (κ3) is 5.10. The number of nitriles is 1. The Morgan fingerprint density at radius 2 is 1.91 bits per heavy atom. The van der Waals surface area contributed by atoms with E-state index in [9.17, 15) is 19.6 Å². The molecule has 4 amide bonds. The summed E-state index contributed by atoms with van der Waals surface area (Å²) < 4.78 is 0. The number of aromatic nitrogens is 2. The molecular formula is C32H27N7O3S. The number of carbonyl (C=O) groups is 3. The number of benzene rings is 1. The molecule has 3 aromatic heterocycles. The van der Waals surface area contributed by atoms with E-state index in [0.29, 0.717) is 64.0 Å². The minimum Gasteiger partial charge on any atom is -0.347 e. The van der Waals surface area contributed by atoms with E-state index in [1.54, 1.807) is 40.4 Å². The number of nitrogens with zero attached hydrogens (tertiary/aromatic N) is 5. The zero-order valence-corrected chi connectivity index (χ0v) is 23.9. The molecule has 2 fully saturated rings. The topological polar surface area (TPSA) is 131 Å². The van der Waals surface area contributed by atoms with Crippen LogP contribution < -0.4 is 15.5 Å². The molecule has 7 rings (SSSR count). The Kier molecular flexibility index (Phi) is 6.83. The number of urea groups is 1. The van der Waals surface area contributed by atoms with Gasteiger partial charge in [-0.1, -0.05) is 36.4 Å². The summed E-state index contributed by atoms with van der Waals surface area (Å²) in [7, 11) is 0. The van der Waals surface area contributed by atoms with Gasteiger partial charge in [0.25, 0.3) is 11.8 Å². The standard InChI is InChI=1S/C32H27N7O3S/c33-17-21(15-19-8-9-19)31(41)38-14-4-7-22(18-38)36-29(40)28-27-26-25(11-13-35-30(26)43-28)39(32(42)37-27)23-10-12-34-24(16-23)20-5-2-1-3-6-20/h1-3,5-6,10-13,15-16,19,22H,4,7-9,14,18H2,(H,36,40)(H,37,42)/b21-15+/t22-/m1/s1. The molecule has 1 saturated carbocycles. The van der Waals surface area contributed by atoms with Gasteiger partial charge in [-0.2, -0.15) is 5.26 Å². The molecule has 1 aromatic carbocycles. The Hall–Kier alpha value is -5.08. The molecule has 4 aromatic rings. The molecule has 2 aliphatic heterocycles. The summed E-state index contributed by atoms with van der Waals surface area (Å²) in [4.78, 5) is 53.4. The molecule has 214 valence electrons. The van der Waals surface area contributed by atoms with Crippen molar-refractivity contribution in [1.29, 1.82) is 5.26 Å². The molecule has 0 radical (unpaired) electrons. The third-order valence-electron chi connectivity index (χ3n) is 7.94. The zero-order valence-electron chi connectivity index (χ0n) is 23.1. The van der Waals surface area contributed by atoms with E-state index in [1.807, 2.05) is 36.4 Å². The van der Waals surface area contributed by atoms with Crippen LogP contribution in [0.3, 0.4) is 0 Å². The number of hydrogen-bond donors (Lipinski definition) is 2. The van der Waals surface area contributed by atoms with Gasteiger partial charge >= 0.3 is 6.03 Å². The second kappa shape index (κ2) is 11.0. The predicted molar refractivity (Wildman–Crippen MR) is 164 cm³/mol. The number of allylic oxidation sites excluding steroid dienone is 1. The van der Waals surface area contributed by atoms with Crippen molar-refractivity contribution in [2.24, 2.45) is 5.92 Å².